The summed E-state index contributed by atoms with van der Waals surface area (Å²) >= 11 is 3.50. The molecule has 0 spiro atoms. The van der Waals surface area contributed by atoms with Crippen molar-refractivity contribution < 1.29 is 0 Å². The van der Waals surface area contributed by atoms with E-state index in [1.54, 1.807) is 0 Å². The zero-order valence-electron chi connectivity index (χ0n) is 11.9. The number of benzene rings is 1. The lowest BCUT2D eigenvalue weighted by Crippen LogP contribution is -2.25. The van der Waals surface area contributed by atoms with Crippen molar-refractivity contribution in [2.45, 2.75) is 46.0 Å². The Labute approximate surface area is 120 Å². The highest BCUT2D eigenvalue weighted by Crippen LogP contribution is 2.23. The van der Waals surface area contributed by atoms with Gasteiger partial charge < -0.3 is 5.32 Å². The van der Waals surface area contributed by atoms with Crippen LogP contribution in [0.15, 0.2) is 28.7 Å². The molecule has 2 heteroatoms. The maximum Gasteiger partial charge on any atom is 0.0175 e. The number of nitrogens with one attached hydrogen (secondary N) is 1. The second-order valence-corrected chi connectivity index (χ2v) is 6.36. The summed E-state index contributed by atoms with van der Waals surface area (Å²) in [5.41, 5.74) is 1.46. The third-order valence-corrected chi connectivity index (χ3v) is 3.72. The van der Waals surface area contributed by atoms with E-state index in [4.69, 9.17) is 0 Å². The molecule has 0 aliphatic carbocycles. The van der Waals surface area contributed by atoms with Crippen LogP contribution < -0.4 is 5.32 Å². The Bertz CT molecular complexity index is 318. The van der Waals surface area contributed by atoms with E-state index < -0.39 is 0 Å². The van der Waals surface area contributed by atoms with Gasteiger partial charge >= 0.3 is 0 Å². The minimum absolute atomic E-state index is 0.650. The smallest absolute Gasteiger partial charge is 0.0175 e. The standard InChI is InChI=1S/C16H26BrN/c1-4-5-6-15(12-18-11-13(2)3)14-7-9-16(17)10-8-14/h7-10,13,15,18H,4-6,11-12H2,1-3H3. The van der Waals surface area contributed by atoms with Crippen molar-refractivity contribution >= 4 is 15.9 Å². The molecule has 1 rings (SSSR count). The van der Waals surface area contributed by atoms with Crippen LogP contribution in [-0.4, -0.2) is 13.1 Å². The molecule has 0 aliphatic heterocycles. The molecule has 0 aromatic heterocycles. The zero-order chi connectivity index (χ0) is 13.4. The Morgan fingerprint density at radius 2 is 1.78 bits per heavy atom. The molecule has 1 nitrogen and oxygen atoms in total. The Kier molecular flexibility index (Phi) is 7.60. The number of halogens is 1. The maximum atomic E-state index is 3.60. The lowest BCUT2D eigenvalue weighted by atomic mass is 9.93. The average molecular weight is 312 g/mol. The van der Waals surface area contributed by atoms with Gasteiger partial charge in [0.1, 0.15) is 0 Å². The predicted octanol–water partition coefficient (Wildman–Crippen LogP) is 4.97. The third kappa shape index (κ3) is 6.01. The molecule has 0 amide bonds. The van der Waals surface area contributed by atoms with Gasteiger partial charge in [-0.25, -0.2) is 0 Å². The summed E-state index contributed by atoms with van der Waals surface area (Å²) in [6, 6.07) is 8.80. The molecule has 1 aromatic rings. The quantitative estimate of drug-likeness (QED) is 0.715. The minimum Gasteiger partial charge on any atom is -0.316 e. The highest BCUT2D eigenvalue weighted by molar-refractivity contribution is 9.10. The van der Waals surface area contributed by atoms with E-state index in [1.165, 1.54) is 24.8 Å². The van der Waals surface area contributed by atoms with E-state index >= 15 is 0 Å². The van der Waals surface area contributed by atoms with Crippen LogP contribution in [0.1, 0.15) is 51.5 Å². The van der Waals surface area contributed by atoms with Gasteiger partial charge in [-0.3, -0.25) is 0 Å². The van der Waals surface area contributed by atoms with Crippen LogP contribution in [0.3, 0.4) is 0 Å². The fraction of sp³-hybridized carbons (Fsp3) is 0.625. The van der Waals surface area contributed by atoms with Crippen LogP contribution in [0, 0.1) is 5.92 Å². The number of unbranched alkanes of at least 4 members (excludes halogenated alkanes) is 1. The summed E-state index contributed by atoms with van der Waals surface area (Å²) < 4.78 is 1.16. The Morgan fingerprint density at radius 1 is 1.11 bits per heavy atom. The summed E-state index contributed by atoms with van der Waals surface area (Å²) in [6.45, 7) is 8.99. The summed E-state index contributed by atoms with van der Waals surface area (Å²) in [4.78, 5) is 0. The van der Waals surface area contributed by atoms with Crippen LogP contribution in [0.2, 0.25) is 0 Å². The van der Waals surface area contributed by atoms with Gasteiger partial charge in [0, 0.05) is 11.0 Å². The third-order valence-electron chi connectivity index (χ3n) is 3.19. The van der Waals surface area contributed by atoms with Gasteiger partial charge in [0.25, 0.3) is 0 Å². The summed E-state index contributed by atoms with van der Waals surface area (Å²) in [6.07, 6.45) is 3.87. The molecule has 0 heterocycles. The van der Waals surface area contributed by atoms with E-state index in [1.807, 2.05) is 0 Å². The van der Waals surface area contributed by atoms with Gasteiger partial charge in [0.15, 0.2) is 0 Å². The second-order valence-electron chi connectivity index (χ2n) is 5.44. The molecule has 0 saturated heterocycles. The lowest BCUT2D eigenvalue weighted by molar-refractivity contribution is 0.490. The van der Waals surface area contributed by atoms with E-state index in [0.29, 0.717) is 5.92 Å². The summed E-state index contributed by atoms with van der Waals surface area (Å²) in [5, 5.41) is 3.60. The number of rotatable bonds is 8. The molecule has 1 unspecified atom stereocenters. The number of hydrogen-bond donors (Lipinski definition) is 1. The van der Waals surface area contributed by atoms with Crippen LogP contribution >= 0.6 is 15.9 Å². The molecular formula is C16H26BrN. The van der Waals surface area contributed by atoms with Gasteiger partial charge in [-0.2, -0.15) is 0 Å². The minimum atomic E-state index is 0.650. The normalized spacial score (nSPS) is 12.9. The average Bonchev–Trinajstić information content (AvgIpc) is 2.34. The Morgan fingerprint density at radius 3 is 2.33 bits per heavy atom. The summed E-state index contributed by atoms with van der Waals surface area (Å²) in [7, 11) is 0. The molecular weight excluding hydrogens is 286 g/mol. The second kappa shape index (κ2) is 8.71. The Hall–Kier alpha value is -0.340. The van der Waals surface area contributed by atoms with Crippen molar-refractivity contribution in [3.63, 3.8) is 0 Å². The first-order valence-electron chi connectivity index (χ1n) is 7.09. The van der Waals surface area contributed by atoms with Crippen molar-refractivity contribution in [3.8, 4) is 0 Å². The fourth-order valence-corrected chi connectivity index (χ4v) is 2.38. The zero-order valence-corrected chi connectivity index (χ0v) is 13.5. The van der Waals surface area contributed by atoms with Crippen molar-refractivity contribution in [1.82, 2.24) is 5.32 Å². The van der Waals surface area contributed by atoms with E-state index in [0.717, 1.165) is 23.5 Å². The first-order chi connectivity index (χ1) is 8.63. The van der Waals surface area contributed by atoms with Crippen molar-refractivity contribution in [3.05, 3.63) is 34.3 Å². The largest absolute Gasteiger partial charge is 0.316 e. The van der Waals surface area contributed by atoms with E-state index in [-0.39, 0.29) is 0 Å². The molecule has 1 atom stereocenters. The van der Waals surface area contributed by atoms with Crippen LogP contribution in [0.4, 0.5) is 0 Å². The SMILES string of the molecule is CCCCC(CNCC(C)C)c1ccc(Br)cc1. The van der Waals surface area contributed by atoms with Gasteiger partial charge in [0.05, 0.1) is 0 Å². The lowest BCUT2D eigenvalue weighted by Gasteiger charge is -2.19. The fourth-order valence-electron chi connectivity index (χ4n) is 2.12. The molecule has 0 fully saturated rings. The monoisotopic (exact) mass is 311 g/mol. The van der Waals surface area contributed by atoms with Gasteiger partial charge in [0.2, 0.25) is 0 Å². The van der Waals surface area contributed by atoms with Crippen molar-refractivity contribution in [2.24, 2.45) is 5.92 Å². The van der Waals surface area contributed by atoms with Crippen molar-refractivity contribution in [1.29, 1.82) is 0 Å². The molecule has 0 aliphatic rings. The van der Waals surface area contributed by atoms with Crippen molar-refractivity contribution in [2.75, 3.05) is 13.1 Å². The Balaban J connectivity index is 2.56. The number of hydrogen-bond acceptors (Lipinski definition) is 1. The maximum absolute atomic E-state index is 3.60. The van der Waals surface area contributed by atoms with Crippen LogP contribution in [-0.2, 0) is 0 Å². The van der Waals surface area contributed by atoms with E-state index in [2.05, 4.69) is 66.3 Å². The molecule has 1 N–H and O–H groups in total. The molecule has 0 saturated carbocycles. The van der Waals surface area contributed by atoms with Crippen LogP contribution in [0.25, 0.3) is 0 Å². The van der Waals surface area contributed by atoms with E-state index in [9.17, 15) is 0 Å². The predicted molar refractivity (Wildman–Crippen MR) is 84.1 cm³/mol. The topological polar surface area (TPSA) is 12.0 Å². The first-order valence-corrected chi connectivity index (χ1v) is 7.89. The molecule has 102 valence electrons. The molecule has 1 aromatic carbocycles. The highest BCUT2D eigenvalue weighted by atomic mass is 79.9. The summed E-state index contributed by atoms with van der Waals surface area (Å²) in [5.74, 6) is 1.37. The highest BCUT2D eigenvalue weighted by Gasteiger charge is 2.10. The molecule has 18 heavy (non-hydrogen) atoms. The first kappa shape index (κ1) is 15.7. The van der Waals surface area contributed by atoms with Crippen LogP contribution in [0.5, 0.6) is 0 Å². The van der Waals surface area contributed by atoms with Gasteiger partial charge in [-0.05, 0) is 42.5 Å². The molecule has 0 bridgehead atoms. The molecule has 0 radical (unpaired) electrons. The van der Waals surface area contributed by atoms with Gasteiger partial charge in [-0.1, -0.05) is 61.7 Å². The van der Waals surface area contributed by atoms with Gasteiger partial charge in [-0.15, -0.1) is 0 Å².